The number of para-hydroxylation sites is 3. The first-order chi connectivity index (χ1) is 27.5. The molecule has 12 rings (SSSR count). The van der Waals surface area contributed by atoms with Gasteiger partial charge in [0.2, 0.25) is 9.84 Å². The third-order valence-corrected chi connectivity index (χ3v) is 14.8. The molecule has 7 aromatic carbocycles. The van der Waals surface area contributed by atoms with Crippen LogP contribution >= 0.6 is 0 Å². The molecule has 5 heterocycles. The van der Waals surface area contributed by atoms with Gasteiger partial charge in [0.05, 0.1) is 84.0 Å². The predicted octanol–water partition coefficient (Wildman–Crippen LogP) is 12.5. The Morgan fingerprint density at radius 3 is 1.39 bits per heavy atom. The number of rotatable bonds is 3. The van der Waals surface area contributed by atoms with Crippen LogP contribution < -0.4 is 19.6 Å². The minimum Gasteiger partial charge on any atom is -0.306 e. The molecular formula is C49H35N5O2S. The van der Waals surface area contributed by atoms with Crippen molar-refractivity contribution in [1.29, 1.82) is 5.26 Å². The number of nitrogens with zero attached hydrogens (tertiary/aromatic N) is 5. The van der Waals surface area contributed by atoms with Gasteiger partial charge in [0.1, 0.15) is 0 Å². The zero-order chi connectivity index (χ0) is 38.7. The average molecular weight is 758 g/mol. The van der Waals surface area contributed by atoms with Gasteiger partial charge in [0.15, 0.2) is 0 Å². The minimum atomic E-state index is -3.82. The van der Waals surface area contributed by atoms with Gasteiger partial charge in [-0.3, -0.25) is 4.90 Å². The first-order valence-corrected chi connectivity index (χ1v) is 20.7. The van der Waals surface area contributed by atoms with Gasteiger partial charge in [-0.2, -0.15) is 5.26 Å². The maximum absolute atomic E-state index is 13.8. The summed E-state index contributed by atoms with van der Waals surface area (Å²) in [6.07, 6.45) is 0. The number of fused-ring (bicyclic) bond motifs is 6. The van der Waals surface area contributed by atoms with Crippen LogP contribution in [0.1, 0.15) is 55.5 Å². The van der Waals surface area contributed by atoms with Gasteiger partial charge in [0.25, 0.3) is 0 Å². The highest BCUT2D eigenvalue weighted by atomic mass is 32.2. The van der Waals surface area contributed by atoms with Crippen molar-refractivity contribution in [3.63, 3.8) is 0 Å². The van der Waals surface area contributed by atoms with Gasteiger partial charge in [0, 0.05) is 16.5 Å². The van der Waals surface area contributed by atoms with Crippen molar-refractivity contribution < 1.29 is 8.42 Å². The maximum Gasteiger partial charge on any atom is 0.206 e. The molecule has 0 unspecified atom stereocenters. The molecule has 8 heteroatoms. The summed E-state index contributed by atoms with van der Waals surface area (Å²) in [5, 5.41) is 9.28. The zero-order valence-electron chi connectivity index (χ0n) is 31.7. The largest absolute Gasteiger partial charge is 0.306 e. The lowest BCUT2D eigenvalue weighted by Crippen LogP contribution is -2.41. The van der Waals surface area contributed by atoms with Crippen LogP contribution in [-0.2, 0) is 20.7 Å². The lowest BCUT2D eigenvalue weighted by Gasteiger charge is -2.56. The summed E-state index contributed by atoms with van der Waals surface area (Å²) in [6, 6.07) is 48.8. The molecule has 0 amide bonds. The van der Waals surface area contributed by atoms with E-state index in [0.29, 0.717) is 5.56 Å². The molecule has 0 saturated heterocycles. The molecule has 57 heavy (non-hydrogen) atoms. The van der Waals surface area contributed by atoms with Gasteiger partial charge in [-0.05, 0) is 107 Å². The van der Waals surface area contributed by atoms with Crippen molar-refractivity contribution >= 4 is 78.1 Å². The molecule has 0 bridgehead atoms. The van der Waals surface area contributed by atoms with Crippen LogP contribution in [0, 0.1) is 11.3 Å². The predicted molar refractivity (Wildman–Crippen MR) is 227 cm³/mol. The van der Waals surface area contributed by atoms with Crippen molar-refractivity contribution in [2.45, 2.75) is 48.3 Å². The summed E-state index contributed by atoms with van der Waals surface area (Å²) < 4.78 is 27.7. The monoisotopic (exact) mass is 757 g/mol. The average Bonchev–Trinajstić information content (AvgIpc) is 3.23. The first kappa shape index (κ1) is 32.4. The summed E-state index contributed by atoms with van der Waals surface area (Å²) in [4.78, 5) is 10.2. The molecular weight excluding hydrogens is 723 g/mol. The molecule has 0 spiro atoms. The third-order valence-electron chi connectivity index (χ3n) is 13.0. The van der Waals surface area contributed by atoms with Gasteiger partial charge in [-0.1, -0.05) is 82.3 Å². The highest BCUT2D eigenvalue weighted by Crippen LogP contribution is 2.74. The fourth-order valence-electron chi connectivity index (χ4n) is 10.3. The smallest absolute Gasteiger partial charge is 0.206 e. The van der Waals surface area contributed by atoms with E-state index in [1.807, 2.05) is 12.1 Å². The van der Waals surface area contributed by atoms with E-state index in [0.717, 1.165) is 45.5 Å². The van der Waals surface area contributed by atoms with Crippen LogP contribution in [0.2, 0.25) is 0 Å². The first-order valence-electron chi connectivity index (χ1n) is 19.3. The Morgan fingerprint density at radius 2 is 0.860 bits per heavy atom. The van der Waals surface area contributed by atoms with Crippen LogP contribution in [0.25, 0.3) is 0 Å². The molecule has 0 atom stereocenters. The third kappa shape index (κ3) is 3.82. The molecule has 0 aliphatic carbocycles. The van der Waals surface area contributed by atoms with Gasteiger partial charge in [-0.25, -0.2) is 8.42 Å². The van der Waals surface area contributed by atoms with Gasteiger partial charge >= 0.3 is 0 Å². The van der Waals surface area contributed by atoms with Crippen molar-refractivity contribution in [2.24, 2.45) is 0 Å². The number of hydrogen-bond acceptors (Lipinski definition) is 7. The van der Waals surface area contributed by atoms with Crippen molar-refractivity contribution in [3.8, 4) is 6.07 Å². The number of anilines is 12. The van der Waals surface area contributed by atoms with E-state index in [-0.39, 0.29) is 20.6 Å². The molecule has 7 nitrogen and oxygen atoms in total. The van der Waals surface area contributed by atoms with Crippen LogP contribution in [0.4, 0.5) is 68.2 Å². The Kier molecular flexibility index (Phi) is 5.98. The molecule has 0 radical (unpaired) electrons. The maximum atomic E-state index is 13.8. The molecule has 0 aromatic heterocycles. The summed E-state index contributed by atoms with van der Waals surface area (Å²) in [5.41, 5.74) is 18.2. The Morgan fingerprint density at radius 1 is 0.421 bits per heavy atom. The van der Waals surface area contributed by atoms with Crippen molar-refractivity contribution in [1.82, 2.24) is 0 Å². The van der Waals surface area contributed by atoms with E-state index in [4.69, 9.17) is 0 Å². The van der Waals surface area contributed by atoms with Gasteiger partial charge in [-0.15, -0.1) is 0 Å². The van der Waals surface area contributed by atoms with E-state index >= 15 is 0 Å². The lowest BCUT2D eigenvalue weighted by atomic mass is 9.70. The molecule has 274 valence electrons. The van der Waals surface area contributed by atoms with E-state index in [1.54, 1.807) is 12.1 Å². The van der Waals surface area contributed by atoms with E-state index in [9.17, 15) is 13.7 Å². The normalized spacial score (nSPS) is 16.3. The lowest BCUT2D eigenvalue weighted by molar-refractivity contribution is 0.596. The quantitative estimate of drug-likeness (QED) is 0.178. The van der Waals surface area contributed by atoms with Crippen LogP contribution in [-0.4, -0.2) is 8.42 Å². The molecule has 0 N–H and O–H groups in total. The van der Waals surface area contributed by atoms with Crippen LogP contribution in [0.15, 0.2) is 149 Å². The number of hydrogen-bond donors (Lipinski definition) is 0. The second-order valence-corrected chi connectivity index (χ2v) is 18.5. The molecule has 0 saturated carbocycles. The molecule has 5 aliphatic rings. The number of benzene rings is 7. The fourth-order valence-corrected chi connectivity index (χ4v) is 11.6. The summed E-state index contributed by atoms with van der Waals surface area (Å²) in [6.45, 7) is 9.34. The van der Waals surface area contributed by atoms with Crippen LogP contribution in [0.5, 0.6) is 0 Å². The second kappa shape index (κ2) is 10.5. The van der Waals surface area contributed by atoms with Crippen molar-refractivity contribution in [3.05, 3.63) is 167 Å². The van der Waals surface area contributed by atoms with Crippen molar-refractivity contribution in [2.75, 3.05) is 19.6 Å². The fraction of sp³-hybridized carbons (Fsp3) is 0.122. The van der Waals surface area contributed by atoms with E-state index < -0.39 is 9.84 Å². The summed E-state index contributed by atoms with van der Waals surface area (Å²) in [5.74, 6) is 0. The topological polar surface area (TPSA) is 70.9 Å². The second-order valence-electron chi connectivity index (χ2n) is 16.6. The number of sulfone groups is 1. The SMILES string of the molecule is CC1(C)c2ccccc2N2c3cccc4c3N3c5c(ccc1c52)N1c2ccccc2C(C)(C)c2ccc(c3c21)N4c1ccc(S(=O)(=O)c2ccc(C#N)cc2)cc1. The van der Waals surface area contributed by atoms with E-state index in [2.05, 4.69) is 144 Å². The summed E-state index contributed by atoms with van der Waals surface area (Å²) >= 11 is 0. The molecule has 7 aromatic rings. The Balaban J connectivity index is 1.15. The highest BCUT2D eigenvalue weighted by molar-refractivity contribution is 7.91. The standard InChI is InChI=1S/C49H35N5O2S/c1-48(2)33-10-5-7-12-37(33)52-40-15-9-14-39-45(40)54-46-41(51(39)30-18-22-32(23-19-30)57(55,56)31-20-16-29(28-50)17-21-31)26-24-35-43(46)53(42-27-25-36(48)44(52)47(42)54)38-13-8-6-11-34(38)49(35,3)4/h5-27H,1-4H3. The Bertz CT molecular complexity index is 3130. The number of nitriles is 1. The van der Waals surface area contributed by atoms with Gasteiger partial charge < -0.3 is 14.7 Å². The Hall–Kier alpha value is -6.82. The van der Waals surface area contributed by atoms with Crippen LogP contribution in [0.3, 0.4) is 0 Å². The van der Waals surface area contributed by atoms with E-state index in [1.165, 1.54) is 69.3 Å². The Labute approximate surface area is 331 Å². The molecule has 5 aliphatic heterocycles. The zero-order valence-corrected chi connectivity index (χ0v) is 32.6. The highest BCUT2D eigenvalue weighted by Gasteiger charge is 2.52. The molecule has 0 fully saturated rings. The minimum absolute atomic E-state index is 0.154. The summed E-state index contributed by atoms with van der Waals surface area (Å²) in [7, 11) is -3.82.